The van der Waals surface area contributed by atoms with Crippen molar-refractivity contribution in [2.75, 3.05) is 45.8 Å². The van der Waals surface area contributed by atoms with Gasteiger partial charge in [0.05, 0.1) is 19.8 Å². The minimum absolute atomic E-state index is 0.0464. The van der Waals surface area contributed by atoms with Crippen molar-refractivity contribution in [1.82, 2.24) is 24.6 Å². The molecule has 222 valence electrons. The lowest BCUT2D eigenvalue weighted by molar-refractivity contribution is 0.223. The summed E-state index contributed by atoms with van der Waals surface area (Å²) in [4.78, 5) is 21.3. The van der Waals surface area contributed by atoms with Crippen molar-refractivity contribution < 1.29 is 14.2 Å². The maximum atomic E-state index is 14.2. The molecule has 2 aromatic heterocycles. The SMILES string of the molecule is CCN(CC)CCOc1ccc(Nc2nnc3cc(-c4cc(OC)cc(OC)c4C)c(=O)n(C4CCCC4)c3n2)cc1. The van der Waals surface area contributed by atoms with E-state index in [2.05, 4.69) is 34.3 Å². The zero-order valence-electron chi connectivity index (χ0n) is 25.1. The van der Waals surface area contributed by atoms with Crippen molar-refractivity contribution in [1.29, 1.82) is 0 Å². The maximum Gasteiger partial charge on any atom is 0.260 e. The molecule has 0 aliphatic heterocycles. The Morgan fingerprint density at radius 2 is 1.69 bits per heavy atom. The van der Waals surface area contributed by atoms with Crippen molar-refractivity contribution in [2.45, 2.75) is 52.5 Å². The fourth-order valence-corrected chi connectivity index (χ4v) is 5.64. The molecule has 4 aromatic rings. The highest BCUT2D eigenvalue weighted by Crippen LogP contribution is 2.36. The average molecular weight is 573 g/mol. The molecule has 1 aliphatic carbocycles. The summed E-state index contributed by atoms with van der Waals surface area (Å²) < 4.78 is 18.8. The van der Waals surface area contributed by atoms with Crippen LogP contribution >= 0.6 is 0 Å². The summed E-state index contributed by atoms with van der Waals surface area (Å²) in [5, 5.41) is 12.1. The number of aromatic nitrogens is 4. The number of ether oxygens (including phenoxy) is 3. The summed E-state index contributed by atoms with van der Waals surface area (Å²) >= 11 is 0. The predicted octanol–water partition coefficient (Wildman–Crippen LogP) is 5.76. The quantitative estimate of drug-likeness (QED) is 0.227. The van der Waals surface area contributed by atoms with Gasteiger partial charge in [0.25, 0.3) is 5.56 Å². The molecule has 0 radical (unpaired) electrons. The predicted molar refractivity (Wildman–Crippen MR) is 165 cm³/mol. The van der Waals surface area contributed by atoms with Gasteiger partial charge in [0.15, 0.2) is 5.65 Å². The van der Waals surface area contributed by atoms with Gasteiger partial charge in [-0.25, -0.2) is 0 Å². The standard InChI is InChI=1S/C32H40N6O4/c1-6-37(7-2)16-17-42-24-14-12-22(13-15-24)33-32-34-30-28(35-36-32)20-27(31(39)38(30)23-10-8-9-11-23)26-18-25(40-4)19-29(41-5)21(26)3/h12-15,18-20,23H,6-11,16-17H2,1-5H3,(H,33,34,36). The van der Waals surface area contributed by atoms with Crippen LogP contribution in [0.5, 0.6) is 17.2 Å². The first kappa shape index (κ1) is 29.3. The Morgan fingerprint density at radius 1 is 0.952 bits per heavy atom. The van der Waals surface area contributed by atoms with E-state index in [-0.39, 0.29) is 11.6 Å². The monoisotopic (exact) mass is 572 g/mol. The van der Waals surface area contributed by atoms with Crippen molar-refractivity contribution in [2.24, 2.45) is 0 Å². The summed E-state index contributed by atoms with van der Waals surface area (Å²) in [6.07, 6.45) is 3.98. The van der Waals surface area contributed by atoms with Crippen LogP contribution in [0.25, 0.3) is 22.3 Å². The highest BCUT2D eigenvalue weighted by molar-refractivity contribution is 5.81. The fraction of sp³-hybridized carbons (Fsp3) is 0.438. The van der Waals surface area contributed by atoms with E-state index in [1.165, 1.54) is 0 Å². The van der Waals surface area contributed by atoms with Gasteiger partial charge in [-0.05, 0) is 80.4 Å². The van der Waals surface area contributed by atoms with E-state index in [4.69, 9.17) is 19.2 Å². The lowest BCUT2D eigenvalue weighted by Crippen LogP contribution is -2.27. The number of methoxy groups -OCH3 is 2. The molecule has 0 amide bonds. The third kappa shape index (κ3) is 6.18. The van der Waals surface area contributed by atoms with Crippen LogP contribution in [0, 0.1) is 6.92 Å². The second-order valence-electron chi connectivity index (χ2n) is 10.5. The summed E-state index contributed by atoms with van der Waals surface area (Å²) in [5.41, 5.74) is 3.90. The van der Waals surface area contributed by atoms with Gasteiger partial charge in [0.2, 0.25) is 5.95 Å². The normalized spacial score (nSPS) is 13.6. The zero-order chi connectivity index (χ0) is 29.6. The molecule has 2 aromatic carbocycles. The maximum absolute atomic E-state index is 14.2. The van der Waals surface area contributed by atoms with Crippen molar-refractivity contribution in [3.8, 4) is 28.4 Å². The van der Waals surface area contributed by atoms with E-state index in [1.807, 2.05) is 47.9 Å². The summed E-state index contributed by atoms with van der Waals surface area (Å²) in [7, 11) is 3.21. The van der Waals surface area contributed by atoms with Gasteiger partial charge in [-0.1, -0.05) is 26.7 Å². The van der Waals surface area contributed by atoms with Gasteiger partial charge >= 0.3 is 0 Å². The smallest absolute Gasteiger partial charge is 0.260 e. The second-order valence-corrected chi connectivity index (χ2v) is 10.5. The van der Waals surface area contributed by atoms with Crippen LogP contribution in [-0.2, 0) is 0 Å². The van der Waals surface area contributed by atoms with Crippen LogP contribution in [0.15, 0.2) is 47.3 Å². The third-order valence-electron chi connectivity index (χ3n) is 8.10. The number of hydrogen-bond donors (Lipinski definition) is 1. The van der Waals surface area contributed by atoms with Crippen LogP contribution in [0.1, 0.15) is 51.1 Å². The number of anilines is 2. The Balaban J connectivity index is 1.47. The summed E-state index contributed by atoms with van der Waals surface area (Å²) in [6.45, 7) is 9.78. The molecule has 10 nitrogen and oxygen atoms in total. The Morgan fingerprint density at radius 3 is 2.36 bits per heavy atom. The number of hydrogen-bond acceptors (Lipinski definition) is 9. The molecule has 1 saturated carbocycles. The zero-order valence-corrected chi connectivity index (χ0v) is 25.1. The topological polar surface area (TPSA) is 104 Å². The third-order valence-corrected chi connectivity index (χ3v) is 8.10. The Kier molecular flexibility index (Phi) is 9.22. The molecule has 1 fully saturated rings. The van der Waals surface area contributed by atoms with Gasteiger partial charge in [0.1, 0.15) is 29.4 Å². The van der Waals surface area contributed by atoms with Gasteiger partial charge in [-0.3, -0.25) is 9.36 Å². The van der Waals surface area contributed by atoms with E-state index in [9.17, 15) is 4.79 Å². The van der Waals surface area contributed by atoms with E-state index < -0.39 is 0 Å². The molecule has 0 atom stereocenters. The molecule has 2 heterocycles. The minimum Gasteiger partial charge on any atom is -0.497 e. The lowest BCUT2D eigenvalue weighted by Gasteiger charge is -2.19. The summed E-state index contributed by atoms with van der Waals surface area (Å²) in [6, 6.07) is 13.2. The number of pyridine rings is 1. The van der Waals surface area contributed by atoms with E-state index >= 15 is 0 Å². The number of likely N-dealkylation sites (N-methyl/N-ethyl adjacent to an activating group) is 1. The summed E-state index contributed by atoms with van der Waals surface area (Å²) in [5.74, 6) is 2.40. The molecule has 10 heteroatoms. The van der Waals surface area contributed by atoms with Gasteiger partial charge in [0, 0.05) is 24.3 Å². The van der Waals surface area contributed by atoms with Crippen LogP contribution in [0.2, 0.25) is 0 Å². The Labute approximate surface area is 246 Å². The van der Waals surface area contributed by atoms with Crippen molar-refractivity contribution in [3.05, 3.63) is 58.4 Å². The second kappa shape index (κ2) is 13.2. The van der Waals surface area contributed by atoms with E-state index in [1.54, 1.807) is 20.3 Å². The van der Waals surface area contributed by atoms with Crippen LogP contribution in [0.3, 0.4) is 0 Å². The number of nitrogens with zero attached hydrogens (tertiary/aromatic N) is 5. The molecule has 0 unspecified atom stereocenters. The lowest BCUT2D eigenvalue weighted by atomic mass is 9.99. The van der Waals surface area contributed by atoms with Gasteiger partial charge in [-0.2, -0.15) is 4.98 Å². The number of benzene rings is 2. The Bertz CT molecular complexity index is 1580. The minimum atomic E-state index is -0.106. The molecule has 5 rings (SSSR count). The van der Waals surface area contributed by atoms with E-state index in [0.717, 1.165) is 67.9 Å². The largest absolute Gasteiger partial charge is 0.497 e. The fourth-order valence-electron chi connectivity index (χ4n) is 5.64. The molecule has 0 bridgehead atoms. The van der Waals surface area contributed by atoms with Crippen LogP contribution in [-0.4, -0.2) is 65.1 Å². The Hall–Kier alpha value is -4.18. The highest BCUT2D eigenvalue weighted by Gasteiger charge is 2.25. The molecule has 0 saturated heterocycles. The molecule has 42 heavy (non-hydrogen) atoms. The first-order chi connectivity index (χ1) is 20.4. The first-order valence-corrected chi connectivity index (χ1v) is 14.7. The molecular weight excluding hydrogens is 532 g/mol. The number of rotatable bonds is 12. The molecule has 0 spiro atoms. The van der Waals surface area contributed by atoms with E-state index in [0.29, 0.717) is 40.8 Å². The van der Waals surface area contributed by atoms with Gasteiger partial charge < -0.3 is 24.4 Å². The molecular formula is C32H40N6O4. The highest BCUT2D eigenvalue weighted by atomic mass is 16.5. The average Bonchev–Trinajstić information content (AvgIpc) is 3.55. The van der Waals surface area contributed by atoms with Crippen molar-refractivity contribution >= 4 is 22.8 Å². The van der Waals surface area contributed by atoms with Crippen molar-refractivity contribution in [3.63, 3.8) is 0 Å². The van der Waals surface area contributed by atoms with Gasteiger partial charge in [-0.15, -0.1) is 10.2 Å². The molecule has 1 aliphatic rings. The van der Waals surface area contributed by atoms with Crippen LogP contribution < -0.4 is 25.1 Å². The number of nitrogens with one attached hydrogen (secondary N) is 1. The number of fused-ring (bicyclic) bond motifs is 1. The van der Waals surface area contributed by atoms with Crippen LogP contribution in [0.4, 0.5) is 11.6 Å². The molecule has 1 N–H and O–H groups in total. The first-order valence-electron chi connectivity index (χ1n) is 14.7.